The fourth-order valence-electron chi connectivity index (χ4n) is 3.62. The number of carbonyl (C=O) groups is 5. The highest BCUT2D eigenvalue weighted by molar-refractivity contribution is 8.00. The van der Waals surface area contributed by atoms with Crippen molar-refractivity contribution in [2.45, 2.75) is 24.5 Å². The van der Waals surface area contributed by atoms with Gasteiger partial charge in [-0.25, -0.2) is 14.6 Å². The number of nitrogens with two attached hydrogens (primary N) is 1. The van der Waals surface area contributed by atoms with Crippen LogP contribution in [0.1, 0.15) is 12.6 Å². The Morgan fingerprint density at radius 1 is 1.21 bits per heavy atom. The molecule has 1 unspecified atom stereocenters. The van der Waals surface area contributed by atoms with Crippen LogP contribution in [0.2, 0.25) is 0 Å². The van der Waals surface area contributed by atoms with Gasteiger partial charge in [0.15, 0.2) is 10.8 Å². The second kappa shape index (κ2) is 13.4. The van der Waals surface area contributed by atoms with Crippen LogP contribution in [0.5, 0.6) is 5.75 Å². The summed E-state index contributed by atoms with van der Waals surface area (Å²) >= 11 is 2.31. The second-order valence-corrected chi connectivity index (χ2v) is 10.4. The third kappa shape index (κ3) is 7.92. The lowest BCUT2D eigenvalue weighted by Gasteiger charge is -2.49. The number of aliphatic carboxylic acids is 2. The predicted molar refractivity (Wildman–Crippen MR) is 144 cm³/mol. The van der Waals surface area contributed by atoms with E-state index in [9.17, 15) is 42.7 Å². The number of nitrogens with zero attached hydrogens (tertiary/aromatic N) is 3. The zero-order valence-electron chi connectivity index (χ0n) is 21.6. The molecule has 43 heavy (non-hydrogen) atoms. The van der Waals surface area contributed by atoms with Crippen LogP contribution in [-0.2, 0) is 24.0 Å². The number of hydrogen-bond acceptors (Lipinski definition) is 12. The van der Waals surface area contributed by atoms with Gasteiger partial charge >= 0.3 is 18.1 Å². The number of anilines is 2. The Morgan fingerprint density at radius 3 is 2.33 bits per heavy atom. The third-order valence-electron chi connectivity index (χ3n) is 5.45. The number of carboxylic acid groups (broad SMARTS) is 2. The molecule has 230 valence electrons. The number of halogens is 3. The maximum Gasteiger partial charge on any atom is 0.490 e. The highest BCUT2D eigenvalue weighted by Crippen LogP contribution is 2.40. The van der Waals surface area contributed by atoms with Crippen molar-refractivity contribution in [2.24, 2.45) is 5.16 Å². The summed E-state index contributed by atoms with van der Waals surface area (Å²) in [6, 6.07) is 5.52. The monoisotopic (exact) mass is 646 g/mol. The van der Waals surface area contributed by atoms with Crippen molar-refractivity contribution >= 4 is 69.3 Å². The van der Waals surface area contributed by atoms with E-state index >= 15 is 0 Å². The summed E-state index contributed by atoms with van der Waals surface area (Å²) in [4.78, 5) is 62.5. The number of thiazole rings is 1. The number of β-lactam (4-membered cyclic amide) rings is 1. The smallest absolute Gasteiger partial charge is 0.489 e. The molecule has 2 atom stereocenters. The van der Waals surface area contributed by atoms with Crippen LogP contribution in [0.15, 0.2) is 46.1 Å². The molecule has 4 rings (SSSR count). The van der Waals surface area contributed by atoms with Crippen molar-refractivity contribution in [1.29, 1.82) is 0 Å². The Balaban J connectivity index is 0.000000646. The molecule has 3 amide bonds. The Hall–Kier alpha value is -4.85. The summed E-state index contributed by atoms with van der Waals surface area (Å²) in [6.45, 7) is 1.32. The number of aromatic nitrogens is 1. The van der Waals surface area contributed by atoms with Crippen LogP contribution >= 0.6 is 23.1 Å². The first-order chi connectivity index (χ1) is 20.1. The van der Waals surface area contributed by atoms with Gasteiger partial charge in [0.2, 0.25) is 5.91 Å². The van der Waals surface area contributed by atoms with Crippen molar-refractivity contribution in [2.75, 3.05) is 23.4 Å². The minimum atomic E-state index is -5.08. The highest BCUT2D eigenvalue weighted by Gasteiger charge is 2.54. The number of hydrogen-bond donors (Lipinski definition) is 6. The Kier molecular flexibility index (Phi) is 10.2. The maximum atomic E-state index is 12.8. The van der Waals surface area contributed by atoms with Gasteiger partial charge in [0, 0.05) is 29.3 Å². The largest absolute Gasteiger partial charge is 0.490 e. The number of ether oxygens (including phenoxy) is 1. The molecule has 1 aromatic heterocycles. The minimum absolute atomic E-state index is 0.0492. The van der Waals surface area contributed by atoms with E-state index in [1.165, 1.54) is 24.1 Å². The first-order valence-electron chi connectivity index (χ1n) is 11.6. The zero-order chi connectivity index (χ0) is 32.1. The molecular formula is C23H21F3N6O9S2. The molecule has 1 aromatic carbocycles. The first-order valence-corrected chi connectivity index (χ1v) is 13.5. The lowest BCUT2D eigenvalue weighted by molar-refractivity contribution is -0.192. The molecular weight excluding hydrogens is 625 g/mol. The normalized spacial score (nSPS) is 18.0. The van der Waals surface area contributed by atoms with Crippen LogP contribution in [0, 0.1) is 0 Å². The standard InChI is InChI=1S/C21H20N6O7S2.C2HF3O2/c1-9(28)23-11-2-4-12(5-3-11)34-6-10-7-35-19-15(18(30)27(19)16(10)20(31)32)25-17(29)14(26-33)13-8-36-21(22)24-13;3-2(4,5)1(6)7/h2-5,8,15,19,33H,6-7H2,1H3,(H2,22,24)(H,23,28)(H,25,29)(H,31,32);(H,6,7)/b26-14-;/t15?,19-;/m1./s1. The van der Waals surface area contributed by atoms with Gasteiger partial charge in [-0.15, -0.1) is 23.1 Å². The van der Waals surface area contributed by atoms with Crippen LogP contribution < -0.4 is 21.1 Å². The molecule has 2 aliphatic rings. The van der Waals surface area contributed by atoms with Gasteiger partial charge in [-0.05, 0) is 24.3 Å². The van der Waals surface area contributed by atoms with Crippen molar-refractivity contribution < 1.29 is 57.3 Å². The van der Waals surface area contributed by atoms with E-state index in [-0.39, 0.29) is 34.8 Å². The molecule has 0 saturated carbocycles. The number of benzene rings is 1. The number of rotatable bonds is 8. The van der Waals surface area contributed by atoms with E-state index in [4.69, 9.17) is 20.4 Å². The van der Waals surface area contributed by atoms with Crippen molar-refractivity contribution in [3.8, 4) is 5.75 Å². The molecule has 1 saturated heterocycles. The van der Waals surface area contributed by atoms with Gasteiger partial charge in [-0.2, -0.15) is 13.2 Å². The van der Waals surface area contributed by atoms with E-state index in [1.807, 2.05) is 0 Å². The molecule has 0 bridgehead atoms. The lowest BCUT2D eigenvalue weighted by atomic mass is 10.0. The molecule has 7 N–H and O–H groups in total. The number of thioether (sulfide) groups is 1. The Morgan fingerprint density at radius 2 is 1.84 bits per heavy atom. The zero-order valence-corrected chi connectivity index (χ0v) is 23.2. The van der Waals surface area contributed by atoms with E-state index in [0.29, 0.717) is 17.0 Å². The van der Waals surface area contributed by atoms with Crippen LogP contribution in [0.3, 0.4) is 0 Å². The lowest BCUT2D eigenvalue weighted by Crippen LogP contribution is -2.71. The van der Waals surface area contributed by atoms with E-state index in [1.54, 1.807) is 24.3 Å². The molecule has 15 nitrogen and oxygen atoms in total. The van der Waals surface area contributed by atoms with E-state index < -0.39 is 47.1 Å². The number of oxime groups is 1. The van der Waals surface area contributed by atoms with Crippen LogP contribution in [-0.4, -0.2) is 90.6 Å². The van der Waals surface area contributed by atoms with Gasteiger partial charge in [0.05, 0.1) is 0 Å². The van der Waals surface area contributed by atoms with E-state index in [2.05, 4.69) is 20.8 Å². The summed E-state index contributed by atoms with van der Waals surface area (Å²) < 4.78 is 37.4. The van der Waals surface area contributed by atoms with Gasteiger partial charge in [-0.1, -0.05) is 5.16 Å². The summed E-state index contributed by atoms with van der Waals surface area (Å²) in [6.07, 6.45) is -5.08. The van der Waals surface area contributed by atoms with Crippen LogP contribution in [0.4, 0.5) is 24.0 Å². The van der Waals surface area contributed by atoms with Gasteiger partial charge in [-0.3, -0.25) is 19.3 Å². The molecule has 0 aliphatic carbocycles. The number of carbonyl (C=O) groups excluding carboxylic acids is 3. The molecule has 0 spiro atoms. The topological polar surface area (TPSA) is 234 Å². The fourth-order valence-corrected chi connectivity index (χ4v) is 5.50. The number of nitrogens with one attached hydrogen (secondary N) is 2. The SMILES string of the molecule is CC(=O)Nc1ccc(OCC2=C(C(=O)O)N3C(=O)C(NC(=O)/C(=N\O)c4csc(N)n4)[C@H]3SC2)cc1.O=C(O)C(F)(F)F. The molecule has 3 heterocycles. The fraction of sp³-hybridized carbons (Fsp3) is 0.261. The van der Waals surface area contributed by atoms with E-state index in [0.717, 1.165) is 16.2 Å². The average molecular weight is 647 g/mol. The van der Waals surface area contributed by atoms with Gasteiger partial charge in [0.25, 0.3) is 11.8 Å². The number of alkyl halides is 3. The molecule has 1 fully saturated rings. The van der Waals surface area contributed by atoms with Crippen molar-refractivity contribution in [3.05, 3.63) is 46.6 Å². The molecule has 20 heteroatoms. The first kappa shape index (κ1) is 32.7. The van der Waals surface area contributed by atoms with Crippen molar-refractivity contribution in [1.82, 2.24) is 15.2 Å². The number of fused-ring (bicyclic) bond motifs is 1. The quantitative estimate of drug-likeness (QED) is 0.103. The average Bonchev–Trinajstić information content (AvgIpc) is 3.36. The van der Waals surface area contributed by atoms with Crippen molar-refractivity contribution in [3.63, 3.8) is 0 Å². The summed E-state index contributed by atoms with van der Waals surface area (Å²) in [5.74, 6) is -5.04. The Bertz CT molecular complexity index is 1490. The van der Waals surface area contributed by atoms with Crippen LogP contribution in [0.25, 0.3) is 0 Å². The number of amides is 3. The van der Waals surface area contributed by atoms with Gasteiger partial charge < -0.3 is 36.5 Å². The Labute approximate surface area is 247 Å². The maximum absolute atomic E-state index is 12.8. The number of nitrogen functional groups attached to an aromatic ring is 1. The highest BCUT2D eigenvalue weighted by atomic mass is 32.2. The third-order valence-corrected chi connectivity index (χ3v) is 7.46. The second-order valence-electron chi connectivity index (χ2n) is 8.43. The van der Waals surface area contributed by atoms with Gasteiger partial charge in [0.1, 0.15) is 35.2 Å². The summed E-state index contributed by atoms with van der Waals surface area (Å²) in [5, 5.41) is 35.2. The molecule has 0 radical (unpaired) electrons. The molecule has 2 aromatic rings. The predicted octanol–water partition coefficient (Wildman–Crippen LogP) is 1.31. The summed E-state index contributed by atoms with van der Waals surface area (Å²) in [5.41, 5.74) is 5.96. The number of carboxylic acids is 2. The summed E-state index contributed by atoms with van der Waals surface area (Å²) in [7, 11) is 0. The minimum Gasteiger partial charge on any atom is -0.489 e. The molecule has 2 aliphatic heterocycles.